The van der Waals surface area contributed by atoms with E-state index in [-0.39, 0.29) is 0 Å². The first-order chi connectivity index (χ1) is 7.85. The summed E-state index contributed by atoms with van der Waals surface area (Å²) in [5.41, 5.74) is 5.74. The number of benzene rings is 1. The summed E-state index contributed by atoms with van der Waals surface area (Å²) in [7, 11) is 0. The summed E-state index contributed by atoms with van der Waals surface area (Å²) in [6.45, 7) is 7.50. The molecular formula is C14H12N2. The molecule has 1 aromatic carbocycles. The molecule has 2 heteroatoms. The lowest BCUT2D eigenvalue weighted by atomic mass is 9.90. The van der Waals surface area contributed by atoms with E-state index in [1.54, 1.807) is 0 Å². The van der Waals surface area contributed by atoms with Crippen LogP contribution in [0.15, 0.2) is 47.6 Å². The maximum absolute atomic E-state index is 4.13. The molecule has 0 unspecified atom stereocenters. The number of aromatic nitrogens is 1. The molecule has 0 saturated carbocycles. The second-order valence-electron chi connectivity index (χ2n) is 3.95. The van der Waals surface area contributed by atoms with Crippen LogP contribution in [0.4, 0.5) is 0 Å². The molecule has 0 spiro atoms. The lowest BCUT2D eigenvalue weighted by Crippen LogP contribution is -1.99. The monoisotopic (exact) mass is 208 g/mol. The van der Waals surface area contributed by atoms with Crippen LogP contribution >= 0.6 is 0 Å². The topological polar surface area (TPSA) is 28.1 Å². The van der Waals surface area contributed by atoms with Crippen molar-refractivity contribution in [3.8, 4) is 0 Å². The number of hydrogen-bond donors (Lipinski definition) is 1. The van der Waals surface area contributed by atoms with Crippen LogP contribution in [-0.2, 0) is 6.42 Å². The van der Waals surface area contributed by atoms with Gasteiger partial charge >= 0.3 is 0 Å². The van der Waals surface area contributed by atoms with Gasteiger partial charge in [0.1, 0.15) is 0 Å². The van der Waals surface area contributed by atoms with Crippen molar-refractivity contribution >= 4 is 23.3 Å². The van der Waals surface area contributed by atoms with E-state index >= 15 is 0 Å². The first-order valence-corrected chi connectivity index (χ1v) is 5.27. The molecule has 1 heterocycles. The number of allylic oxidation sites excluding steroid dienone is 2. The van der Waals surface area contributed by atoms with Gasteiger partial charge < -0.3 is 4.98 Å². The minimum absolute atomic E-state index is 0.889. The molecule has 78 valence electrons. The molecule has 0 aliphatic heterocycles. The zero-order valence-electron chi connectivity index (χ0n) is 8.96. The number of nitrogens with zero attached hydrogens (tertiary/aromatic N) is 1. The highest BCUT2D eigenvalue weighted by atomic mass is 14.8. The second kappa shape index (κ2) is 3.20. The average molecular weight is 208 g/mol. The zero-order valence-corrected chi connectivity index (χ0v) is 8.96. The van der Waals surface area contributed by atoms with Crippen LogP contribution < -0.4 is 0 Å². The molecule has 2 aromatic rings. The van der Waals surface area contributed by atoms with Crippen molar-refractivity contribution in [2.45, 2.75) is 6.42 Å². The lowest BCUT2D eigenvalue weighted by molar-refractivity contribution is 1.19. The molecule has 0 bridgehead atoms. The number of hydrogen-bond acceptors (Lipinski definition) is 1. The summed E-state index contributed by atoms with van der Waals surface area (Å²) < 4.78 is 0. The Hall–Kier alpha value is -2.09. The van der Waals surface area contributed by atoms with E-state index in [1.807, 2.05) is 12.3 Å². The molecule has 0 fully saturated rings. The van der Waals surface area contributed by atoms with Crippen LogP contribution in [0.3, 0.4) is 0 Å². The Labute approximate surface area is 94.0 Å². The Bertz CT molecular complexity index is 629. The molecule has 1 N–H and O–H groups in total. The number of aliphatic imine (C=N–C) groups is 1. The van der Waals surface area contributed by atoms with Crippen molar-refractivity contribution < 1.29 is 0 Å². The minimum atomic E-state index is 0.889. The SMILES string of the molecule is C=CC1=C(N=C)c2c[nH]c3cccc(c23)C1. The quantitative estimate of drug-likeness (QED) is 0.733. The molecule has 3 rings (SSSR count). The van der Waals surface area contributed by atoms with Crippen molar-refractivity contribution in [1.82, 2.24) is 4.98 Å². The van der Waals surface area contributed by atoms with Crippen LogP contribution in [0.1, 0.15) is 11.1 Å². The number of H-pyrrole nitrogens is 1. The first-order valence-electron chi connectivity index (χ1n) is 5.27. The molecule has 0 saturated heterocycles. The van der Waals surface area contributed by atoms with E-state index in [2.05, 4.69) is 41.5 Å². The van der Waals surface area contributed by atoms with E-state index < -0.39 is 0 Å². The standard InChI is InChI=1S/C14H12N2/c1-3-9-7-10-5-4-6-12-13(10)11(8-16-12)14(9)15-2/h3-6,8,16H,1-2,7H2. The third-order valence-electron chi connectivity index (χ3n) is 3.14. The fraction of sp³-hybridized carbons (Fsp3) is 0.0714. The summed E-state index contributed by atoms with van der Waals surface area (Å²) in [6, 6.07) is 6.32. The maximum Gasteiger partial charge on any atom is 0.0751 e. The van der Waals surface area contributed by atoms with Crippen molar-refractivity contribution in [2.75, 3.05) is 0 Å². The second-order valence-corrected chi connectivity index (χ2v) is 3.95. The van der Waals surface area contributed by atoms with Gasteiger partial charge in [-0.25, -0.2) is 0 Å². The third kappa shape index (κ3) is 1.04. The largest absolute Gasteiger partial charge is 0.360 e. The Morgan fingerprint density at radius 2 is 2.25 bits per heavy atom. The van der Waals surface area contributed by atoms with Crippen LogP contribution in [0.5, 0.6) is 0 Å². The van der Waals surface area contributed by atoms with Gasteiger partial charge in [0.25, 0.3) is 0 Å². The van der Waals surface area contributed by atoms with E-state index in [0.717, 1.165) is 28.8 Å². The summed E-state index contributed by atoms with van der Waals surface area (Å²) in [6.07, 6.45) is 4.76. The van der Waals surface area contributed by atoms with Crippen LogP contribution in [0.25, 0.3) is 16.6 Å². The van der Waals surface area contributed by atoms with Gasteiger partial charge in [-0.15, -0.1) is 0 Å². The van der Waals surface area contributed by atoms with Crippen molar-refractivity contribution in [1.29, 1.82) is 0 Å². The van der Waals surface area contributed by atoms with Gasteiger partial charge in [0.15, 0.2) is 0 Å². The molecule has 2 nitrogen and oxygen atoms in total. The van der Waals surface area contributed by atoms with Crippen molar-refractivity contribution in [3.05, 3.63) is 53.8 Å². The van der Waals surface area contributed by atoms with Gasteiger partial charge in [-0.1, -0.05) is 24.8 Å². The predicted octanol–water partition coefficient (Wildman–Crippen LogP) is 3.32. The fourth-order valence-electron chi connectivity index (χ4n) is 2.41. The van der Waals surface area contributed by atoms with Gasteiger partial charge in [-0.2, -0.15) is 0 Å². The third-order valence-corrected chi connectivity index (χ3v) is 3.14. The molecule has 0 amide bonds. The number of nitrogens with one attached hydrogen (secondary N) is 1. The van der Waals surface area contributed by atoms with E-state index in [0.29, 0.717) is 0 Å². The Balaban J connectivity index is 2.43. The zero-order chi connectivity index (χ0) is 11.1. The Morgan fingerprint density at radius 3 is 3.00 bits per heavy atom. The Morgan fingerprint density at radius 1 is 1.38 bits per heavy atom. The first kappa shape index (κ1) is 9.16. The molecule has 1 aliphatic carbocycles. The van der Waals surface area contributed by atoms with Crippen LogP contribution in [0, 0.1) is 0 Å². The Kier molecular flexibility index (Phi) is 1.83. The molecule has 1 aliphatic rings. The van der Waals surface area contributed by atoms with Gasteiger partial charge in [0.2, 0.25) is 0 Å². The number of rotatable bonds is 2. The van der Waals surface area contributed by atoms with E-state index in [9.17, 15) is 0 Å². The summed E-state index contributed by atoms with van der Waals surface area (Å²) >= 11 is 0. The van der Waals surface area contributed by atoms with Gasteiger partial charge in [0, 0.05) is 29.1 Å². The lowest BCUT2D eigenvalue weighted by Gasteiger charge is -2.15. The van der Waals surface area contributed by atoms with Crippen LogP contribution in [0.2, 0.25) is 0 Å². The maximum atomic E-state index is 4.13. The highest BCUT2D eigenvalue weighted by Crippen LogP contribution is 2.36. The molecule has 0 atom stereocenters. The van der Waals surface area contributed by atoms with E-state index in [4.69, 9.17) is 0 Å². The minimum Gasteiger partial charge on any atom is -0.360 e. The molecular weight excluding hydrogens is 196 g/mol. The predicted molar refractivity (Wildman–Crippen MR) is 68.7 cm³/mol. The van der Waals surface area contributed by atoms with Gasteiger partial charge in [-0.05, 0) is 23.9 Å². The number of aromatic amines is 1. The normalized spacial score (nSPS) is 14.2. The summed E-state index contributed by atoms with van der Waals surface area (Å²) in [5.74, 6) is 0. The van der Waals surface area contributed by atoms with Gasteiger partial charge in [0.05, 0.1) is 5.70 Å². The van der Waals surface area contributed by atoms with E-state index in [1.165, 1.54) is 10.9 Å². The highest BCUT2D eigenvalue weighted by Gasteiger charge is 2.19. The molecule has 16 heavy (non-hydrogen) atoms. The average Bonchev–Trinajstić information content (AvgIpc) is 2.75. The summed E-state index contributed by atoms with van der Waals surface area (Å²) in [4.78, 5) is 7.41. The molecule has 0 radical (unpaired) electrons. The van der Waals surface area contributed by atoms with Crippen molar-refractivity contribution in [3.63, 3.8) is 0 Å². The van der Waals surface area contributed by atoms with Crippen LogP contribution in [-0.4, -0.2) is 11.7 Å². The summed E-state index contributed by atoms with van der Waals surface area (Å²) in [5, 5.41) is 1.27. The van der Waals surface area contributed by atoms with Crippen molar-refractivity contribution in [2.24, 2.45) is 4.99 Å². The highest BCUT2D eigenvalue weighted by molar-refractivity contribution is 5.98. The molecule has 1 aromatic heterocycles. The van der Waals surface area contributed by atoms with Gasteiger partial charge in [-0.3, -0.25) is 4.99 Å². The fourth-order valence-corrected chi connectivity index (χ4v) is 2.41. The smallest absolute Gasteiger partial charge is 0.0751 e.